The number of carbonyl (C=O) groups excluding carboxylic acids is 2. The molecule has 0 radical (unpaired) electrons. The summed E-state index contributed by atoms with van der Waals surface area (Å²) in [6.07, 6.45) is 1.62. The van der Waals surface area contributed by atoms with Crippen molar-refractivity contribution in [2.45, 2.75) is 37.6 Å². The van der Waals surface area contributed by atoms with Crippen LogP contribution in [0.25, 0.3) is 0 Å². The highest BCUT2D eigenvalue weighted by molar-refractivity contribution is 7.99. The predicted molar refractivity (Wildman–Crippen MR) is 79.2 cm³/mol. The normalized spacial score (nSPS) is 23.0. The topological polar surface area (TPSA) is 95.9 Å². The smallest absolute Gasteiger partial charge is 0.407 e. The van der Waals surface area contributed by atoms with E-state index in [0.717, 1.165) is 0 Å². The Hall–Kier alpha value is -1.44. The highest BCUT2D eigenvalue weighted by Gasteiger charge is 2.42. The molecule has 1 saturated heterocycles. The molecule has 21 heavy (non-hydrogen) atoms. The zero-order valence-electron chi connectivity index (χ0n) is 12.7. The highest BCUT2D eigenvalue weighted by atomic mass is 32.2. The van der Waals surface area contributed by atoms with Gasteiger partial charge >= 0.3 is 12.1 Å². The summed E-state index contributed by atoms with van der Waals surface area (Å²) in [5.74, 6) is -1.56. The van der Waals surface area contributed by atoms with Crippen LogP contribution in [0.1, 0.15) is 20.3 Å². The molecule has 8 heteroatoms. The third kappa shape index (κ3) is 4.26. The van der Waals surface area contributed by atoms with E-state index in [-0.39, 0.29) is 17.1 Å². The van der Waals surface area contributed by atoms with E-state index in [4.69, 9.17) is 0 Å². The number of carbonyl (C=O) groups is 3. The predicted octanol–water partition coefficient (Wildman–Crippen LogP) is 0.784. The zero-order chi connectivity index (χ0) is 16.2. The number of nitrogens with one attached hydrogen (secondary N) is 1. The van der Waals surface area contributed by atoms with Crippen molar-refractivity contribution < 1.29 is 24.2 Å². The minimum atomic E-state index is -1.01. The molecule has 0 aromatic carbocycles. The van der Waals surface area contributed by atoms with Crippen LogP contribution in [0.5, 0.6) is 0 Å². The highest BCUT2D eigenvalue weighted by Crippen LogP contribution is 2.27. The number of thioether (sulfide) groups is 1. The summed E-state index contributed by atoms with van der Waals surface area (Å²) in [4.78, 5) is 36.6. The van der Waals surface area contributed by atoms with Crippen LogP contribution < -0.4 is 5.32 Å². The number of amides is 2. The number of methoxy groups -OCH3 is 1. The Labute approximate surface area is 128 Å². The summed E-state index contributed by atoms with van der Waals surface area (Å²) >= 11 is 1.54. The summed E-state index contributed by atoms with van der Waals surface area (Å²) in [5, 5.41) is 11.9. The van der Waals surface area contributed by atoms with Crippen molar-refractivity contribution in [2.24, 2.45) is 5.92 Å². The Morgan fingerprint density at radius 1 is 1.38 bits per heavy atom. The number of likely N-dealkylation sites (tertiary alicyclic amines) is 1. The monoisotopic (exact) mass is 318 g/mol. The van der Waals surface area contributed by atoms with Crippen LogP contribution in [-0.2, 0) is 14.3 Å². The zero-order valence-corrected chi connectivity index (χ0v) is 13.5. The number of nitrogens with zero attached hydrogens (tertiary/aromatic N) is 1. The first-order chi connectivity index (χ1) is 9.81. The van der Waals surface area contributed by atoms with Crippen molar-refractivity contribution in [3.63, 3.8) is 0 Å². The number of carboxylic acids is 1. The lowest BCUT2D eigenvalue weighted by atomic mass is 10.0. The summed E-state index contributed by atoms with van der Waals surface area (Å²) in [6.45, 7) is 3.95. The van der Waals surface area contributed by atoms with Gasteiger partial charge in [0, 0.05) is 11.8 Å². The first kappa shape index (κ1) is 17.6. The van der Waals surface area contributed by atoms with E-state index in [1.54, 1.807) is 25.6 Å². The fourth-order valence-electron chi connectivity index (χ4n) is 2.32. The molecule has 1 rings (SSSR count). The summed E-state index contributed by atoms with van der Waals surface area (Å²) < 4.78 is 4.52. The molecule has 0 aromatic heterocycles. The lowest BCUT2D eigenvalue weighted by Gasteiger charge is -2.29. The lowest BCUT2D eigenvalue weighted by Crippen LogP contribution is -2.53. The van der Waals surface area contributed by atoms with Crippen molar-refractivity contribution in [3.8, 4) is 0 Å². The average molecular weight is 318 g/mol. The van der Waals surface area contributed by atoms with Crippen molar-refractivity contribution >= 4 is 29.7 Å². The molecule has 1 fully saturated rings. The third-order valence-corrected chi connectivity index (χ3v) is 4.56. The summed E-state index contributed by atoms with van der Waals surface area (Å²) in [6, 6.07) is -1.63. The molecule has 3 atom stereocenters. The lowest BCUT2D eigenvalue weighted by molar-refractivity contribution is -0.149. The third-order valence-electron chi connectivity index (χ3n) is 3.56. The van der Waals surface area contributed by atoms with Crippen molar-refractivity contribution in [2.75, 3.05) is 19.9 Å². The van der Waals surface area contributed by atoms with Gasteiger partial charge in [-0.1, -0.05) is 13.8 Å². The van der Waals surface area contributed by atoms with Gasteiger partial charge in [0.05, 0.1) is 7.11 Å². The van der Waals surface area contributed by atoms with Gasteiger partial charge in [-0.15, -0.1) is 0 Å². The van der Waals surface area contributed by atoms with E-state index in [1.807, 2.05) is 6.26 Å². The molecule has 120 valence electrons. The van der Waals surface area contributed by atoms with Crippen LogP contribution in [-0.4, -0.2) is 65.2 Å². The Balaban J connectivity index is 2.90. The number of carboxylic acid groups (broad SMARTS) is 1. The average Bonchev–Trinajstić information content (AvgIpc) is 2.87. The van der Waals surface area contributed by atoms with E-state index in [1.165, 1.54) is 12.0 Å². The quantitative estimate of drug-likeness (QED) is 0.778. The minimum absolute atomic E-state index is 0.0981. The molecular weight excluding hydrogens is 296 g/mol. The van der Waals surface area contributed by atoms with Crippen molar-refractivity contribution in [1.29, 1.82) is 0 Å². The maximum atomic E-state index is 12.6. The Morgan fingerprint density at radius 2 is 2.00 bits per heavy atom. The standard InChI is InChI=1S/C13H22N2O5S/c1-7(2)10(14-13(19)20-3)11(16)15-6-8(21-4)5-9(15)12(17)18/h7-10H,5-6H2,1-4H3,(H,14,19)(H,17,18)/t8?,9?,10-/m0/s1. The molecule has 0 aliphatic carbocycles. The fraction of sp³-hybridized carbons (Fsp3) is 0.769. The Morgan fingerprint density at radius 3 is 2.43 bits per heavy atom. The van der Waals surface area contributed by atoms with E-state index in [2.05, 4.69) is 10.1 Å². The molecule has 0 saturated carbocycles. The van der Waals surface area contributed by atoms with Crippen LogP contribution in [0.4, 0.5) is 4.79 Å². The van der Waals surface area contributed by atoms with E-state index in [0.29, 0.717) is 13.0 Å². The van der Waals surface area contributed by atoms with E-state index < -0.39 is 24.1 Å². The molecule has 7 nitrogen and oxygen atoms in total. The van der Waals surface area contributed by atoms with Crippen LogP contribution in [0, 0.1) is 5.92 Å². The van der Waals surface area contributed by atoms with Gasteiger partial charge in [0.1, 0.15) is 12.1 Å². The van der Waals surface area contributed by atoms with Gasteiger partial charge in [0.15, 0.2) is 0 Å². The van der Waals surface area contributed by atoms with Crippen molar-refractivity contribution in [3.05, 3.63) is 0 Å². The summed E-state index contributed by atoms with van der Waals surface area (Å²) in [5.41, 5.74) is 0. The van der Waals surface area contributed by atoms with Crippen molar-refractivity contribution in [1.82, 2.24) is 10.2 Å². The second-order valence-corrected chi connectivity index (χ2v) is 6.43. The second-order valence-electron chi connectivity index (χ2n) is 5.30. The number of hydrogen-bond donors (Lipinski definition) is 2. The largest absolute Gasteiger partial charge is 0.480 e. The maximum Gasteiger partial charge on any atom is 0.407 e. The van der Waals surface area contributed by atoms with Gasteiger partial charge in [0.2, 0.25) is 5.91 Å². The molecule has 0 bridgehead atoms. The van der Waals surface area contributed by atoms with Crippen LogP contribution in [0.2, 0.25) is 0 Å². The van der Waals surface area contributed by atoms with Gasteiger partial charge in [-0.25, -0.2) is 9.59 Å². The molecule has 2 unspecified atom stereocenters. The van der Waals surface area contributed by atoms with Gasteiger partial charge in [-0.05, 0) is 18.6 Å². The number of hydrogen-bond acceptors (Lipinski definition) is 5. The molecule has 1 heterocycles. The maximum absolute atomic E-state index is 12.6. The number of ether oxygens (including phenoxy) is 1. The number of alkyl carbamates (subject to hydrolysis) is 1. The van der Waals surface area contributed by atoms with Gasteiger partial charge in [-0.2, -0.15) is 11.8 Å². The molecule has 0 spiro atoms. The van der Waals surface area contributed by atoms with Crippen LogP contribution in [0.15, 0.2) is 0 Å². The number of aliphatic carboxylic acids is 1. The molecule has 1 aliphatic heterocycles. The SMILES string of the molecule is COC(=O)N[C@H](C(=O)N1CC(SC)CC1C(=O)O)C(C)C. The van der Waals surface area contributed by atoms with Gasteiger partial charge < -0.3 is 20.1 Å². The molecule has 1 aliphatic rings. The summed E-state index contributed by atoms with van der Waals surface area (Å²) in [7, 11) is 1.22. The second kappa shape index (κ2) is 7.53. The van der Waals surface area contributed by atoms with Gasteiger partial charge in [-0.3, -0.25) is 4.79 Å². The fourth-order valence-corrected chi connectivity index (χ4v) is 3.01. The first-order valence-electron chi connectivity index (χ1n) is 6.72. The van der Waals surface area contributed by atoms with Crippen LogP contribution in [0.3, 0.4) is 0 Å². The minimum Gasteiger partial charge on any atom is -0.480 e. The molecular formula is C13H22N2O5S. The Kier molecular flexibility index (Phi) is 6.32. The molecule has 2 amide bonds. The van der Waals surface area contributed by atoms with Gasteiger partial charge in [0.25, 0.3) is 0 Å². The van der Waals surface area contributed by atoms with E-state index >= 15 is 0 Å². The number of rotatable bonds is 5. The molecule has 2 N–H and O–H groups in total. The molecule has 0 aromatic rings. The first-order valence-corrected chi connectivity index (χ1v) is 8.01. The Bertz CT molecular complexity index is 415. The van der Waals surface area contributed by atoms with Crippen LogP contribution >= 0.6 is 11.8 Å². The van der Waals surface area contributed by atoms with E-state index in [9.17, 15) is 19.5 Å².